The van der Waals surface area contributed by atoms with Crippen LogP contribution in [0.5, 0.6) is 0 Å². The molecule has 1 rings (SSSR count). The summed E-state index contributed by atoms with van der Waals surface area (Å²) in [4.78, 5) is 22.2. The van der Waals surface area contributed by atoms with Crippen LogP contribution in [0, 0.1) is 11.3 Å². The molecule has 0 atom stereocenters. The number of amides is 3. The van der Waals surface area contributed by atoms with Crippen LogP contribution in [-0.2, 0) is 4.79 Å². The average Bonchev–Trinajstić information content (AvgIpc) is 2.18. The maximum absolute atomic E-state index is 11.8. The summed E-state index contributed by atoms with van der Waals surface area (Å²) in [5, 5.41) is 5.17. The third-order valence-electron chi connectivity index (χ3n) is 3.06. The van der Waals surface area contributed by atoms with Gasteiger partial charge in [-0.05, 0) is 18.8 Å². The summed E-state index contributed by atoms with van der Waals surface area (Å²) in [6.45, 7) is 3.22. The molecule has 6 N–H and O–H groups in total. The molecule has 0 unspecified atom stereocenters. The molecule has 0 bridgehead atoms. The summed E-state index contributed by atoms with van der Waals surface area (Å²) >= 11 is 0. The molecule has 0 saturated heterocycles. The van der Waals surface area contributed by atoms with Crippen LogP contribution < -0.4 is 22.1 Å². The van der Waals surface area contributed by atoms with Crippen molar-refractivity contribution in [3.63, 3.8) is 0 Å². The van der Waals surface area contributed by atoms with Gasteiger partial charge in [-0.25, -0.2) is 4.79 Å². The normalized spacial score (nSPS) is 28.0. The van der Waals surface area contributed by atoms with Gasteiger partial charge in [0.05, 0.1) is 5.41 Å². The minimum absolute atomic E-state index is 0.0145. The van der Waals surface area contributed by atoms with Crippen LogP contribution in [0.4, 0.5) is 4.79 Å². The quantitative estimate of drug-likeness (QED) is 0.460. The van der Waals surface area contributed by atoms with Gasteiger partial charge >= 0.3 is 6.03 Å². The Morgan fingerprint density at radius 1 is 1.31 bits per heavy atom. The third-order valence-corrected chi connectivity index (χ3v) is 3.06. The predicted octanol–water partition coefficient (Wildman–Crippen LogP) is -0.854. The second-order valence-corrected chi connectivity index (χ2v) is 4.54. The highest BCUT2D eigenvalue weighted by Gasteiger charge is 2.46. The zero-order chi connectivity index (χ0) is 12.2. The van der Waals surface area contributed by atoms with Crippen molar-refractivity contribution in [2.24, 2.45) is 22.8 Å². The van der Waals surface area contributed by atoms with Gasteiger partial charge in [0.1, 0.15) is 0 Å². The van der Waals surface area contributed by atoms with Crippen LogP contribution in [0.25, 0.3) is 0 Å². The van der Waals surface area contributed by atoms with E-state index in [2.05, 4.69) is 17.6 Å². The van der Waals surface area contributed by atoms with Crippen molar-refractivity contribution in [3.8, 4) is 0 Å². The number of rotatable bonds is 5. The highest BCUT2D eigenvalue weighted by Crippen LogP contribution is 2.44. The molecule has 1 aliphatic rings. The summed E-state index contributed by atoms with van der Waals surface area (Å²) in [6.07, 6.45) is 1.69. The standard InChI is InChI=1S/C10H20N4O2/c1-7-4-10(5-7,6-11)8(15)13-2-3-14-9(12)16/h7H,2-6,11H2,1H3,(H,13,15)(H3,12,14,16). The molecule has 0 aromatic rings. The van der Waals surface area contributed by atoms with E-state index in [0.29, 0.717) is 25.6 Å². The molecule has 0 radical (unpaired) electrons. The van der Waals surface area contributed by atoms with Crippen molar-refractivity contribution < 1.29 is 9.59 Å². The van der Waals surface area contributed by atoms with Crippen LogP contribution in [0.1, 0.15) is 19.8 Å². The van der Waals surface area contributed by atoms with Gasteiger partial charge in [-0.1, -0.05) is 6.92 Å². The molecule has 3 amide bonds. The van der Waals surface area contributed by atoms with Gasteiger partial charge in [0.2, 0.25) is 5.91 Å². The molecule has 0 heterocycles. The highest BCUT2D eigenvalue weighted by atomic mass is 16.2. The number of urea groups is 1. The van der Waals surface area contributed by atoms with Crippen molar-refractivity contribution in [2.45, 2.75) is 19.8 Å². The lowest BCUT2D eigenvalue weighted by Gasteiger charge is -2.44. The highest BCUT2D eigenvalue weighted by molar-refractivity contribution is 5.84. The van der Waals surface area contributed by atoms with Crippen LogP contribution in [0.2, 0.25) is 0 Å². The van der Waals surface area contributed by atoms with E-state index in [1.165, 1.54) is 0 Å². The minimum Gasteiger partial charge on any atom is -0.354 e. The Morgan fingerprint density at radius 2 is 1.88 bits per heavy atom. The van der Waals surface area contributed by atoms with Crippen LogP contribution in [0.15, 0.2) is 0 Å². The third kappa shape index (κ3) is 2.85. The van der Waals surface area contributed by atoms with E-state index in [0.717, 1.165) is 12.8 Å². The maximum Gasteiger partial charge on any atom is 0.312 e. The Labute approximate surface area is 95.1 Å². The van der Waals surface area contributed by atoms with Crippen LogP contribution in [-0.4, -0.2) is 31.6 Å². The lowest BCUT2D eigenvalue weighted by molar-refractivity contribution is -0.137. The fraction of sp³-hybridized carbons (Fsp3) is 0.800. The molecule has 1 fully saturated rings. The Balaban J connectivity index is 2.26. The molecule has 6 nitrogen and oxygen atoms in total. The molecule has 0 aromatic heterocycles. The zero-order valence-corrected chi connectivity index (χ0v) is 9.58. The first-order valence-electron chi connectivity index (χ1n) is 5.52. The van der Waals surface area contributed by atoms with E-state index < -0.39 is 6.03 Å². The first kappa shape index (κ1) is 12.8. The Hall–Kier alpha value is -1.30. The fourth-order valence-corrected chi connectivity index (χ4v) is 2.27. The van der Waals surface area contributed by atoms with Gasteiger partial charge in [-0.3, -0.25) is 4.79 Å². The molecule has 0 aromatic carbocycles. The molecule has 1 aliphatic carbocycles. The number of nitrogens with one attached hydrogen (secondary N) is 2. The molecular formula is C10H20N4O2. The van der Waals surface area contributed by atoms with Crippen LogP contribution in [0.3, 0.4) is 0 Å². The number of hydrogen-bond donors (Lipinski definition) is 4. The first-order valence-corrected chi connectivity index (χ1v) is 5.52. The second kappa shape index (κ2) is 5.16. The number of primary amides is 1. The van der Waals surface area contributed by atoms with E-state index in [1.807, 2.05) is 0 Å². The fourth-order valence-electron chi connectivity index (χ4n) is 2.27. The summed E-state index contributed by atoms with van der Waals surface area (Å²) in [7, 11) is 0. The van der Waals surface area contributed by atoms with Gasteiger partial charge in [-0.2, -0.15) is 0 Å². The average molecular weight is 228 g/mol. The summed E-state index contributed by atoms with van der Waals surface area (Å²) in [5.74, 6) is 0.553. The first-order chi connectivity index (χ1) is 7.50. The molecular weight excluding hydrogens is 208 g/mol. The molecule has 6 heteroatoms. The van der Waals surface area contributed by atoms with Crippen molar-refractivity contribution in [1.82, 2.24) is 10.6 Å². The van der Waals surface area contributed by atoms with Crippen molar-refractivity contribution >= 4 is 11.9 Å². The van der Waals surface area contributed by atoms with Gasteiger partial charge in [0, 0.05) is 19.6 Å². The number of nitrogens with two attached hydrogens (primary N) is 2. The number of hydrogen-bond acceptors (Lipinski definition) is 3. The van der Waals surface area contributed by atoms with Crippen LogP contribution >= 0.6 is 0 Å². The lowest BCUT2D eigenvalue weighted by Crippen LogP contribution is -2.54. The van der Waals surface area contributed by atoms with Crippen molar-refractivity contribution in [3.05, 3.63) is 0 Å². The SMILES string of the molecule is CC1CC(CN)(C(=O)NCCNC(N)=O)C1. The number of carbonyl (C=O) groups is 2. The Morgan fingerprint density at radius 3 is 2.31 bits per heavy atom. The molecule has 16 heavy (non-hydrogen) atoms. The van der Waals surface area contributed by atoms with Gasteiger partial charge in [0.15, 0.2) is 0 Å². The Kier molecular flexibility index (Phi) is 4.12. The van der Waals surface area contributed by atoms with E-state index in [1.54, 1.807) is 0 Å². The van der Waals surface area contributed by atoms with Gasteiger partial charge in [-0.15, -0.1) is 0 Å². The second-order valence-electron chi connectivity index (χ2n) is 4.54. The maximum atomic E-state index is 11.8. The Bertz CT molecular complexity index is 274. The van der Waals surface area contributed by atoms with Crippen molar-refractivity contribution in [1.29, 1.82) is 0 Å². The summed E-state index contributed by atoms with van der Waals surface area (Å²) in [6, 6.07) is -0.583. The summed E-state index contributed by atoms with van der Waals surface area (Å²) in [5.41, 5.74) is 10.1. The smallest absolute Gasteiger partial charge is 0.312 e. The predicted molar refractivity (Wildman–Crippen MR) is 60.5 cm³/mol. The monoisotopic (exact) mass is 228 g/mol. The molecule has 92 valence electrons. The number of carbonyl (C=O) groups excluding carboxylic acids is 2. The molecule has 0 aliphatic heterocycles. The largest absolute Gasteiger partial charge is 0.354 e. The van der Waals surface area contributed by atoms with Gasteiger partial charge in [0.25, 0.3) is 0 Å². The van der Waals surface area contributed by atoms with Crippen molar-refractivity contribution in [2.75, 3.05) is 19.6 Å². The van der Waals surface area contributed by atoms with E-state index in [4.69, 9.17) is 11.5 Å². The molecule has 0 spiro atoms. The molecule has 1 saturated carbocycles. The van der Waals surface area contributed by atoms with E-state index in [9.17, 15) is 9.59 Å². The zero-order valence-electron chi connectivity index (χ0n) is 9.58. The van der Waals surface area contributed by atoms with E-state index >= 15 is 0 Å². The van der Waals surface area contributed by atoms with E-state index in [-0.39, 0.29) is 11.3 Å². The van der Waals surface area contributed by atoms with Gasteiger partial charge < -0.3 is 22.1 Å². The summed E-state index contributed by atoms with van der Waals surface area (Å²) < 4.78 is 0. The minimum atomic E-state index is -0.583. The lowest BCUT2D eigenvalue weighted by atomic mass is 9.62. The topological polar surface area (TPSA) is 110 Å².